The lowest BCUT2D eigenvalue weighted by Gasteiger charge is -2.54. The van der Waals surface area contributed by atoms with Crippen LogP contribution in [0.1, 0.15) is 73.1 Å². The van der Waals surface area contributed by atoms with E-state index in [0.717, 1.165) is 32.3 Å². The van der Waals surface area contributed by atoms with E-state index in [4.69, 9.17) is 25.8 Å². The van der Waals surface area contributed by atoms with Crippen molar-refractivity contribution in [2.45, 2.75) is 114 Å². The fraction of sp³-hybridized carbons (Fsp3) is 0.704. The number of hydrogen-bond donors (Lipinski definition) is 2. The van der Waals surface area contributed by atoms with Gasteiger partial charge in [-0.3, -0.25) is 19.2 Å². The molecule has 0 aromatic carbocycles. The molecule has 8 unspecified atom stereocenters. The lowest BCUT2D eigenvalue weighted by molar-refractivity contribution is -0.206. The summed E-state index contributed by atoms with van der Waals surface area (Å²) in [5, 5.41) is 14.2. The van der Waals surface area contributed by atoms with Gasteiger partial charge in [0.1, 0.15) is 17.8 Å². The maximum atomic E-state index is 13.2. The van der Waals surface area contributed by atoms with Gasteiger partial charge in [0.25, 0.3) is 0 Å². The van der Waals surface area contributed by atoms with Crippen LogP contribution in [0.25, 0.3) is 0 Å². The van der Waals surface area contributed by atoms with Gasteiger partial charge in [0, 0.05) is 26.3 Å². The number of esters is 2. The Labute approximate surface area is 222 Å². The summed E-state index contributed by atoms with van der Waals surface area (Å²) < 4.78 is 16.1. The Morgan fingerprint density at radius 1 is 1.16 bits per heavy atom. The van der Waals surface area contributed by atoms with Crippen molar-refractivity contribution in [2.75, 3.05) is 0 Å². The van der Waals surface area contributed by atoms with Gasteiger partial charge >= 0.3 is 11.9 Å². The van der Waals surface area contributed by atoms with Gasteiger partial charge in [-0.25, -0.2) is 0 Å². The predicted molar refractivity (Wildman–Crippen MR) is 136 cm³/mol. The van der Waals surface area contributed by atoms with Gasteiger partial charge in [-0.1, -0.05) is 57.3 Å². The number of halogens is 1. The Balaban J connectivity index is 1.77. The molecule has 0 radical (unpaired) electrons. The molecule has 0 aromatic heterocycles. The van der Waals surface area contributed by atoms with E-state index < -0.39 is 64.6 Å². The highest BCUT2D eigenvalue weighted by Crippen LogP contribution is 2.56. The largest absolute Gasteiger partial charge is 0.458 e. The lowest BCUT2D eigenvalue weighted by atomic mass is 9.62. The predicted octanol–water partition coefficient (Wildman–Crippen LogP) is 2.91. The number of rotatable bonds is 11. The van der Waals surface area contributed by atoms with E-state index in [2.05, 4.69) is 25.2 Å². The molecule has 2 N–H and O–H groups in total. The first kappa shape index (κ1) is 29.3. The summed E-state index contributed by atoms with van der Waals surface area (Å²) in [5.41, 5.74) is -0.935. The van der Waals surface area contributed by atoms with Crippen LogP contribution in [0.4, 0.5) is 0 Å². The number of Topliss-reactive ketones (excluding diaryl/α,β-unsaturated/α-hetero) is 1. The number of carbonyl (C=O) groups excluding carboxylic acids is 4. The van der Waals surface area contributed by atoms with E-state index in [1.54, 1.807) is 6.08 Å². The molecule has 2 saturated carbocycles. The van der Waals surface area contributed by atoms with Gasteiger partial charge < -0.3 is 24.6 Å². The topological polar surface area (TPSA) is 132 Å². The monoisotopic (exact) mass is 539 g/mol. The molecule has 37 heavy (non-hydrogen) atoms. The van der Waals surface area contributed by atoms with Crippen LogP contribution >= 0.6 is 11.6 Å². The quantitative estimate of drug-likeness (QED) is 0.102. The zero-order chi connectivity index (χ0) is 27.5. The van der Waals surface area contributed by atoms with Crippen molar-refractivity contribution < 1.29 is 38.5 Å². The van der Waals surface area contributed by atoms with Gasteiger partial charge in [0.2, 0.25) is 5.91 Å². The number of alkyl halides is 1. The van der Waals surface area contributed by atoms with E-state index in [1.807, 2.05) is 6.92 Å². The van der Waals surface area contributed by atoms with E-state index in [-0.39, 0.29) is 6.42 Å². The summed E-state index contributed by atoms with van der Waals surface area (Å²) in [7, 11) is 0. The number of carbonyl (C=O) groups is 4. The summed E-state index contributed by atoms with van der Waals surface area (Å²) >= 11 is 6.79. The molecule has 1 aliphatic heterocycles. The van der Waals surface area contributed by atoms with Crippen molar-refractivity contribution in [3.63, 3.8) is 0 Å². The van der Waals surface area contributed by atoms with E-state index in [0.29, 0.717) is 5.92 Å². The van der Waals surface area contributed by atoms with Crippen molar-refractivity contribution in [3.05, 3.63) is 23.8 Å². The molecule has 206 valence electrons. The van der Waals surface area contributed by atoms with Crippen molar-refractivity contribution in [1.82, 2.24) is 5.32 Å². The number of ketones is 1. The minimum absolute atomic E-state index is 0.199. The second-order valence-electron chi connectivity index (χ2n) is 10.5. The highest BCUT2D eigenvalue weighted by atomic mass is 35.5. The SMILES string of the molecule is CCCCCCC(C)C=C(C)C=CC(=O)NC1CC2(O)C3OC3C(=O)C(Cl)(C1OC(C)=O)C2OC(C)=O. The molecule has 3 aliphatic rings. The summed E-state index contributed by atoms with van der Waals surface area (Å²) in [4.78, 5) is 47.7. The third-order valence-electron chi connectivity index (χ3n) is 7.24. The standard InChI is InChI=1S/C27H38ClNO8/c1-6-7-8-9-10-15(2)13-16(3)11-12-20(32)29-19-14-26(34)24-21(37-24)22(33)27(28,23(19)35-17(4)30)25(26)36-18(5)31/h11-13,15,19,21,23-25,34H,6-10,14H2,1-5H3,(H,29,32). The minimum Gasteiger partial charge on any atom is -0.458 e. The van der Waals surface area contributed by atoms with Crippen molar-refractivity contribution in [1.29, 1.82) is 0 Å². The number of allylic oxidation sites excluding steroid dienone is 3. The molecule has 2 bridgehead atoms. The second-order valence-corrected chi connectivity index (χ2v) is 11.1. The number of ether oxygens (including phenoxy) is 3. The maximum absolute atomic E-state index is 13.2. The molecule has 1 saturated heterocycles. The molecule has 8 atom stereocenters. The Bertz CT molecular complexity index is 979. The number of nitrogens with one attached hydrogen (secondary N) is 1. The third-order valence-corrected chi connectivity index (χ3v) is 7.84. The fourth-order valence-electron chi connectivity index (χ4n) is 5.56. The van der Waals surface area contributed by atoms with Crippen LogP contribution in [-0.2, 0) is 33.4 Å². The Morgan fingerprint density at radius 2 is 1.84 bits per heavy atom. The van der Waals surface area contributed by atoms with Crippen LogP contribution < -0.4 is 5.32 Å². The van der Waals surface area contributed by atoms with Crippen LogP contribution in [0.2, 0.25) is 0 Å². The first-order valence-corrected chi connectivity index (χ1v) is 13.3. The molecule has 10 heteroatoms. The van der Waals surface area contributed by atoms with Gasteiger partial charge in [0.05, 0.1) is 6.04 Å². The first-order valence-electron chi connectivity index (χ1n) is 13.0. The molecule has 0 aromatic rings. The minimum atomic E-state index is -2.13. The van der Waals surface area contributed by atoms with Gasteiger partial charge in [-0.05, 0) is 19.3 Å². The summed E-state index contributed by atoms with van der Waals surface area (Å²) in [5.74, 6) is -2.32. The zero-order valence-corrected chi connectivity index (χ0v) is 22.9. The molecule has 3 rings (SSSR count). The summed E-state index contributed by atoms with van der Waals surface area (Å²) in [6.07, 6.45) is 5.93. The highest BCUT2D eigenvalue weighted by molar-refractivity contribution is 6.38. The maximum Gasteiger partial charge on any atom is 0.303 e. The average molecular weight is 540 g/mol. The number of aliphatic hydroxyl groups is 1. The summed E-state index contributed by atoms with van der Waals surface area (Å²) in [6, 6.07) is -1.04. The summed E-state index contributed by atoms with van der Waals surface area (Å²) in [6.45, 7) is 8.48. The molecule has 3 fully saturated rings. The first-order chi connectivity index (χ1) is 17.3. The van der Waals surface area contributed by atoms with Crippen LogP contribution in [0.5, 0.6) is 0 Å². The molecular formula is C27H38ClNO8. The smallest absolute Gasteiger partial charge is 0.303 e. The average Bonchev–Trinajstić information content (AvgIpc) is 3.61. The molecule has 0 spiro atoms. The van der Waals surface area contributed by atoms with E-state index in [9.17, 15) is 24.3 Å². The van der Waals surface area contributed by atoms with Gasteiger partial charge in [-0.15, -0.1) is 11.6 Å². The van der Waals surface area contributed by atoms with E-state index >= 15 is 0 Å². The van der Waals surface area contributed by atoms with Crippen molar-refractivity contribution >= 4 is 35.2 Å². The molecule has 2 aliphatic carbocycles. The number of epoxide rings is 1. The highest BCUT2D eigenvalue weighted by Gasteiger charge is 2.80. The van der Waals surface area contributed by atoms with Gasteiger partial charge in [0.15, 0.2) is 22.9 Å². The van der Waals surface area contributed by atoms with Crippen LogP contribution in [0.15, 0.2) is 23.8 Å². The van der Waals surface area contributed by atoms with Crippen LogP contribution in [-0.4, -0.2) is 69.7 Å². The normalized spacial score (nSPS) is 35.5. The number of fused-ring (bicyclic) bond motifs is 4. The number of hydrogen-bond acceptors (Lipinski definition) is 8. The molecule has 1 heterocycles. The second kappa shape index (κ2) is 11.7. The fourth-order valence-corrected chi connectivity index (χ4v) is 6.10. The van der Waals surface area contributed by atoms with E-state index in [1.165, 1.54) is 25.3 Å². The lowest BCUT2D eigenvalue weighted by Crippen LogP contribution is -2.79. The number of amides is 1. The molecule has 9 nitrogen and oxygen atoms in total. The number of unbranched alkanes of at least 4 members (excludes halogenated alkanes) is 3. The third kappa shape index (κ3) is 6.26. The molecular weight excluding hydrogens is 502 g/mol. The van der Waals surface area contributed by atoms with Crippen molar-refractivity contribution in [3.8, 4) is 0 Å². The Kier molecular flexibility index (Phi) is 9.24. The van der Waals surface area contributed by atoms with Gasteiger partial charge in [-0.2, -0.15) is 0 Å². The molecule has 1 amide bonds. The van der Waals surface area contributed by atoms with Crippen LogP contribution in [0.3, 0.4) is 0 Å². The zero-order valence-electron chi connectivity index (χ0n) is 22.1. The van der Waals surface area contributed by atoms with Crippen LogP contribution in [0, 0.1) is 5.92 Å². The Morgan fingerprint density at radius 3 is 2.46 bits per heavy atom. The van der Waals surface area contributed by atoms with Crippen molar-refractivity contribution in [2.24, 2.45) is 5.92 Å². The Hall–Kier alpha value is -2.23.